The Balaban J connectivity index is 0. The average Bonchev–Trinajstić information content (AvgIpc) is 2.55. The van der Waals surface area contributed by atoms with Gasteiger partial charge in [0.05, 0.1) is 60.1 Å². The zero-order valence-corrected chi connectivity index (χ0v) is 20.7. The van der Waals surface area contributed by atoms with E-state index in [4.69, 9.17) is 28.4 Å². The molecule has 0 heterocycles. The summed E-state index contributed by atoms with van der Waals surface area (Å²) in [6, 6.07) is 0. The smallest absolute Gasteiger partial charge is 0.312 e. The Labute approximate surface area is 153 Å². The Morgan fingerprint density at radius 3 is 0.833 bits per heavy atom. The van der Waals surface area contributed by atoms with E-state index in [1.165, 1.54) is 0 Å². The van der Waals surface area contributed by atoms with Crippen LogP contribution in [0.25, 0.3) is 0 Å². The Bertz CT molecular complexity index is 308. The summed E-state index contributed by atoms with van der Waals surface area (Å²) in [4.78, 5) is 0. The van der Waals surface area contributed by atoms with Crippen molar-refractivity contribution in [1.29, 1.82) is 0 Å². The van der Waals surface area contributed by atoms with Crippen molar-refractivity contribution < 1.29 is 28.4 Å². The second-order valence-corrected chi connectivity index (χ2v) is 6.10. The molecule has 0 aromatic heterocycles. The lowest BCUT2D eigenvalue weighted by Crippen LogP contribution is -2.05. The zero-order valence-electron chi connectivity index (χ0n) is 16.7. The molecule has 0 aliphatic rings. The minimum atomic E-state index is 0.563. The third kappa shape index (κ3) is 13.2. The van der Waals surface area contributed by atoms with Crippen LogP contribution >= 0.6 is 0 Å². The van der Waals surface area contributed by atoms with Crippen molar-refractivity contribution in [2.45, 2.75) is 41.5 Å². The molecular weight excluding hydrogens is 344 g/mol. The van der Waals surface area contributed by atoms with Gasteiger partial charge in [-0.1, -0.05) is 0 Å². The first-order valence-corrected chi connectivity index (χ1v) is 10.7. The molecule has 0 radical (unpaired) electrons. The lowest BCUT2D eigenvalue weighted by molar-refractivity contribution is 0.0286. The van der Waals surface area contributed by atoms with E-state index in [2.05, 4.69) is 0 Å². The number of rotatable bonds is 12. The third-order valence-corrected chi connectivity index (χ3v) is 3.79. The Morgan fingerprint density at radius 2 is 0.667 bits per heavy atom. The molecule has 0 unspecified atom stereocenters. The first-order chi connectivity index (χ1) is 11.5. The molecule has 0 aliphatic carbocycles. The van der Waals surface area contributed by atoms with Crippen molar-refractivity contribution in [3.63, 3.8) is 0 Å². The molecule has 8 heteroatoms. The summed E-state index contributed by atoms with van der Waals surface area (Å²) in [6.07, 6.45) is 0. The fourth-order valence-corrected chi connectivity index (χ4v) is 2.72. The average molecular weight is 381 g/mol. The summed E-state index contributed by atoms with van der Waals surface area (Å²) in [7, 11) is 1.64. The van der Waals surface area contributed by atoms with Gasteiger partial charge in [-0.2, -0.15) is 0 Å². The SMILES string of the molecule is CCOC([SiH3])=C(OCC)OCC.CCOC([SiH3])=C(OCC)OCC. The fourth-order valence-electron chi connectivity index (χ4n) is 1.57. The molecule has 0 bridgehead atoms. The lowest BCUT2D eigenvalue weighted by Gasteiger charge is -2.12. The minimum Gasteiger partial charge on any atom is -0.497 e. The molecule has 0 N–H and O–H groups in total. The van der Waals surface area contributed by atoms with Crippen molar-refractivity contribution in [3.05, 3.63) is 22.7 Å². The van der Waals surface area contributed by atoms with Crippen LogP contribution in [0.4, 0.5) is 0 Å². The maximum atomic E-state index is 5.30. The normalized spacial score (nSPS) is 9.25. The quantitative estimate of drug-likeness (QED) is 0.374. The molecule has 0 spiro atoms. The minimum absolute atomic E-state index is 0.563. The van der Waals surface area contributed by atoms with Crippen LogP contribution in [0.1, 0.15) is 41.5 Å². The Hall–Kier alpha value is -1.29. The lowest BCUT2D eigenvalue weighted by atomic mass is 10.8. The standard InChI is InChI=1S/2C8H18O3Si/c2*1-4-9-7(10-5-2)8(12)11-6-3/h2*4-6H2,1-3,12H3. The molecule has 0 aromatic carbocycles. The topological polar surface area (TPSA) is 55.4 Å². The fraction of sp³-hybridized carbons (Fsp3) is 0.750. The molecular formula is C16H36O6Si2. The maximum Gasteiger partial charge on any atom is 0.312 e. The molecule has 0 aliphatic heterocycles. The molecule has 0 atom stereocenters. The number of hydrogen-bond acceptors (Lipinski definition) is 6. The van der Waals surface area contributed by atoms with Gasteiger partial charge in [0.1, 0.15) is 10.8 Å². The monoisotopic (exact) mass is 380 g/mol. The highest BCUT2D eigenvalue weighted by atomic mass is 28.1. The first-order valence-electron chi connectivity index (χ1n) is 8.70. The van der Waals surface area contributed by atoms with Gasteiger partial charge in [-0.25, -0.2) is 0 Å². The van der Waals surface area contributed by atoms with Gasteiger partial charge in [-0.05, 0) is 41.5 Å². The third-order valence-electron chi connectivity index (χ3n) is 2.40. The predicted molar refractivity (Wildman–Crippen MR) is 104 cm³/mol. The van der Waals surface area contributed by atoms with E-state index in [-0.39, 0.29) is 0 Å². The van der Waals surface area contributed by atoms with Crippen LogP contribution in [-0.4, -0.2) is 60.1 Å². The van der Waals surface area contributed by atoms with Gasteiger partial charge in [-0.15, -0.1) is 0 Å². The highest BCUT2D eigenvalue weighted by Crippen LogP contribution is 2.07. The number of hydrogen-bond donors (Lipinski definition) is 0. The van der Waals surface area contributed by atoms with Gasteiger partial charge >= 0.3 is 11.9 Å². The molecule has 0 rings (SSSR count). The first kappa shape index (κ1) is 25.0. The van der Waals surface area contributed by atoms with Crippen molar-refractivity contribution in [3.8, 4) is 0 Å². The predicted octanol–water partition coefficient (Wildman–Crippen LogP) is 1.18. The highest BCUT2D eigenvalue weighted by Gasteiger charge is 2.04. The Kier molecular flexibility index (Phi) is 18.8. The summed E-state index contributed by atoms with van der Waals surface area (Å²) < 4.78 is 31.7. The zero-order chi connectivity index (χ0) is 18.8. The molecule has 0 aromatic rings. The highest BCUT2D eigenvalue weighted by molar-refractivity contribution is 6.20. The molecule has 0 amide bonds. The number of ether oxygens (including phenoxy) is 6. The van der Waals surface area contributed by atoms with Gasteiger partial charge in [0.15, 0.2) is 0 Å². The van der Waals surface area contributed by atoms with E-state index < -0.39 is 0 Å². The van der Waals surface area contributed by atoms with E-state index in [0.29, 0.717) is 51.5 Å². The van der Waals surface area contributed by atoms with Gasteiger partial charge in [-0.3, -0.25) is 0 Å². The van der Waals surface area contributed by atoms with E-state index in [1.54, 1.807) is 0 Å². The second kappa shape index (κ2) is 18.1. The van der Waals surface area contributed by atoms with Gasteiger partial charge in [0.25, 0.3) is 0 Å². The van der Waals surface area contributed by atoms with Crippen molar-refractivity contribution in [1.82, 2.24) is 0 Å². The van der Waals surface area contributed by atoms with Crippen molar-refractivity contribution in [2.24, 2.45) is 0 Å². The largest absolute Gasteiger partial charge is 0.497 e. The summed E-state index contributed by atoms with van der Waals surface area (Å²) in [6.45, 7) is 15.4. The Morgan fingerprint density at radius 1 is 0.458 bits per heavy atom. The maximum absolute atomic E-state index is 5.30. The van der Waals surface area contributed by atoms with Gasteiger partial charge in [0, 0.05) is 0 Å². The summed E-state index contributed by atoms with van der Waals surface area (Å²) in [5, 5.41) is 1.70. The molecule has 6 nitrogen and oxygen atoms in total. The van der Waals surface area contributed by atoms with Crippen molar-refractivity contribution >= 4 is 20.5 Å². The molecule has 0 saturated carbocycles. The van der Waals surface area contributed by atoms with Gasteiger partial charge < -0.3 is 28.4 Å². The van der Waals surface area contributed by atoms with Gasteiger partial charge in [0.2, 0.25) is 0 Å². The second-order valence-electron chi connectivity index (χ2n) is 4.29. The van der Waals surface area contributed by atoms with Crippen LogP contribution in [0.15, 0.2) is 22.7 Å². The summed E-state index contributed by atoms with van der Waals surface area (Å²) in [5.41, 5.74) is 0. The van der Waals surface area contributed by atoms with E-state index in [0.717, 1.165) is 31.2 Å². The summed E-state index contributed by atoms with van der Waals surface area (Å²) >= 11 is 0. The van der Waals surface area contributed by atoms with Crippen LogP contribution in [0.2, 0.25) is 0 Å². The van der Waals surface area contributed by atoms with Crippen molar-refractivity contribution in [2.75, 3.05) is 39.6 Å². The molecule has 0 saturated heterocycles. The summed E-state index contributed by atoms with van der Waals surface area (Å²) in [5.74, 6) is 1.13. The van der Waals surface area contributed by atoms with E-state index >= 15 is 0 Å². The van der Waals surface area contributed by atoms with E-state index in [1.807, 2.05) is 41.5 Å². The van der Waals surface area contributed by atoms with Crippen LogP contribution < -0.4 is 0 Å². The van der Waals surface area contributed by atoms with Crippen LogP contribution in [0.5, 0.6) is 0 Å². The van der Waals surface area contributed by atoms with E-state index in [9.17, 15) is 0 Å². The van der Waals surface area contributed by atoms with Crippen LogP contribution in [-0.2, 0) is 28.4 Å². The molecule has 144 valence electrons. The molecule has 0 fully saturated rings. The van der Waals surface area contributed by atoms with Crippen LogP contribution in [0.3, 0.4) is 0 Å². The van der Waals surface area contributed by atoms with Crippen LogP contribution in [0, 0.1) is 0 Å². The molecule has 24 heavy (non-hydrogen) atoms.